The maximum atomic E-state index is 4.29. The van der Waals surface area contributed by atoms with Crippen molar-refractivity contribution >= 4 is 27.3 Å². The Labute approximate surface area is 95.9 Å². The van der Waals surface area contributed by atoms with Crippen LogP contribution in [-0.2, 0) is 0 Å². The molecule has 0 aliphatic rings. The summed E-state index contributed by atoms with van der Waals surface area (Å²) in [5, 5.41) is 3.08. The molecule has 0 saturated carbocycles. The minimum atomic E-state index is 0.391. The molecule has 0 fully saturated rings. The Hall–Kier alpha value is -0.670. The van der Waals surface area contributed by atoms with Crippen molar-refractivity contribution in [1.29, 1.82) is 0 Å². The lowest BCUT2D eigenvalue weighted by Gasteiger charge is -2.04. The van der Waals surface area contributed by atoms with Gasteiger partial charge in [0.05, 0.1) is 0 Å². The van der Waals surface area contributed by atoms with Gasteiger partial charge in [0.2, 0.25) is 0 Å². The molecule has 0 amide bonds. The molecule has 0 radical (unpaired) electrons. The first kappa shape index (κ1) is 9.87. The first-order chi connectivity index (χ1) is 6.77. The molecule has 2 rings (SSSR count). The monoisotopic (exact) mass is 267 g/mol. The van der Waals surface area contributed by atoms with E-state index in [0.717, 1.165) is 5.01 Å². The van der Waals surface area contributed by atoms with Crippen molar-refractivity contribution in [3.05, 3.63) is 41.4 Å². The van der Waals surface area contributed by atoms with Gasteiger partial charge in [-0.2, -0.15) is 0 Å². The Morgan fingerprint density at radius 2 is 2.29 bits per heavy atom. The molecule has 0 aliphatic carbocycles. The summed E-state index contributed by atoms with van der Waals surface area (Å²) < 4.78 is 0. The standard InChI is InChI=1S/C11H10BrNS/c1-8(12)9-3-2-4-10(7-9)11-13-5-6-14-11/h2-8H,1H3. The summed E-state index contributed by atoms with van der Waals surface area (Å²) in [5.41, 5.74) is 2.49. The number of halogens is 1. The lowest BCUT2D eigenvalue weighted by atomic mass is 10.1. The average Bonchev–Trinajstić information content (AvgIpc) is 2.71. The third-order valence-corrected chi connectivity index (χ3v) is 3.38. The van der Waals surface area contributed by atoms with Crippen LogP contribution in [0.2, 0.25) is 0 Å². The van der Waals surface area contributed by atoms with Crippen molar-refractivity contribution < 1.29 is 0 Å². The lowest BCUT2D eigenvalue weighted by molar-refractivity contribution is 1.12. The molecule has 0 spiro atoms. The van der Waals surface area contributed by atoms with Crippen molar-refractivity contribution in [2.75, 3.05) is 0 Å². The number of aromatic nitrogens is 1. The van der Waals surface area contributed by atoms with Crippen LogP contribution in [-0.4, -0.2) is 4.98 Å². The number of hydrogen-bond acceptors (Lipinski definition) is 2. The Balaban J connectivity index is 2.41. The SMILES string of the molecule is CC(Br)c1cccc(-c2nccs2)c1. The quantitative estimate of drug-likeness (QED) is 0.741. The van der Waals surface area contributed by atoms with Crippen LogP contribution in [0.15, 0.2) is 35.8 Å². The van der Waals surface area contributed by atoms with E-state index in [4.69, 9.17) is 0 Å². The van der Waals surface area contributed by atoms with Crippen LogP contribution in [0.25, 0.3) is 10.6 Å². The first-order valence-corrected chi connectivity index (χ1v) is 6.21. The third-order valence-electron chi connectivity index (χ3n) is 2.03. The van der Waals surface area contributed by atoms with Gasteiger partial charge in [-0.3, -0.25) is 0 Å². The highest BCUT2D eigenvalue weighted by Crippen LogP contribution is 2.27. The van der Waals surface area contributed by atoms with E-state index in [1.165, 1.54) is 11.1 Å². The second-order valence-corrected chi connectivity index (χ2v) is 5.35. The molecule has 1 aromatic heterocycles. The Bertz CT molecular complexity index is 409. The van der Waals surface area contributed by atoms with Gasteiger partial charge in [0, 0.05) is 22.0 Å². The van der Waals surface area contributed by atoms with Crippen molar-refractivity contribution in [2.45, 2.75) is 11.8 Å². The molecule has 14 heavy (non-hydrogen) atoms. The number of rotatable bonds is 2. The second-order valence-electron chi connectivity index (χ2n) is 3.08. The average molecular weight is 268 g/mol. The molecule has 0 saturated heterocycles. The summed E-state index contributed by atoms with van der Waals surface area (Å²) >= 11 is 5.23. The third kappa shape index (κ3) is 2.04. The van der Waals surface area contributed by atoms with Crippen molar-refractivity contribution in [1.82, 2.24) is 4.98 Å². The summed E-state index contributed by atoms with van der Waals surface area (Å²) in [6.45, 7) is 2.13. The predicted molar refractivity (Wildman–Crippen MR) is 64.9 cm³/mol. The molecule has 2 aromatic rings. The maximum Gasteiger partial charge on any atom is 0.123 e. The Kier molecular flexibility index (Phi) is 2.99. The summed E-state index contributed by atoms with van der Waals surface area (Å²) in [4.78, 5) is 4.68. The number of alkyl halides is 1. The Morgan fingerprint density at radius 3 is 2.93 bits per heavy atom. The topological polar surface area (TPSA) is 12.9 Å². The van der Waals surface area contributed by atoms with Gasteiger partial charge in [0.25, 0.3) is 0 Å². The van der Waals surface area contributed by atoms with E-state index in [2.05, 4.69) is 52.1 Å². The second kappa shape index (κ2) is 4.24. The summed E-state index contributed by atoms with van der Waals surface area (Å²) in [6.07, 6.45) is 1.84. The van der Waals surface area contributed by atoms with Crippen molar-refractivity contribution in [3.8, 4) is 10.6 Å². The molecular formula is C11H10BrNS. The minimum absolute atomic E-state index is 0.391. The van der Waals surface area contributed by atoms with Crippen molar-refractivity contribution in [2.24, 2.45) is 0 Å². The first-order valence-electron chi connectivity index (χ1n) is 4.41. The fourth-order valence-electron chi connectivity index (χ4n) is 1.29. The van der Waals surface area contributed by atoms with Crippen LogP contribution in [0.1, 0.15) is 17.3 Å². The molecule has 0 bridgehead atoms. The van der Waals surface area contributed by atoms with Gasteiger partial charge in [0.15, 0.2) is 0 Å². The summed E-state index contributed by atoms with van der Waals surface area (Å²) in [6, 6.07) is 8.47. The highest BCUT2D eigenvalue weighted by atomic mass is 79.9. The summed E-state index contributed by atoms with van der Waals surface area (Å²) in [7, 11) is 0. The van der Waals surface area contributed by atoms with E-state index in [-0.39, 0.29) is 0 Å². The zero-order valence-corrected chi connectivity index (χ0v) is 10.2. The fraction of sp³-hybridized carbons (Fsp3) is 0.182. The van der Waals surface area contributed by atoms with E-state index in [0.29, 0.717) is 4.83 Å². The molecule has 1 atom stereocenters. The molecule has 1 aromatic carbocycles. The van der Waals surface area contributed by atoms with Gasteiger partial charge in [-0.05, 0) is 18.6 Å². The number of thiazole rings is 1. The Morgan fingerprint density at radius 1 is 1.43 bits per heavy atom. The smallest absolute Gasteiger partial charge is 0.123 e. The normalized spacial score (nSPS) is 12.7. The zero-order chi connectivity index (χ0) is 9.97. The van der Waals surface area contributed by atoms with E-state index in [9.17, 15) is 0 Å². The van der Waals surface area contributed by atoms with Crippen LogP contribution >= 0.6 is 27.3 Å². The van der Waals surface area contributed by atoms with Gasteiger partial charge in [-0.15, -0.1) is 11.3 Å². The maximum absolute atomic E-state index is 4.29. The predicted octanol–water partition coefficient (Wildman–Crippen LogP) is 4.27. The minimum Gasteiger partial charge on any atom is -0.245 e. The molecular weight excluding hydrogens is 258 g/mol. The molecule has 72 valence electrons. The highest BCUT2D eigenvalue weighted by Gasteiger charge is 2.04. The molecule has 1 nitrogen and oxygen atoms in total. The van der Waals surface area contributed by atoms with Crippen LogP contribution in [0.4, 0.5) is 0 Å². The number of benzene rings is 1. The molecule has 0 N–H and O–H groups in total. The number of hydrogen-bond donors (Lipinski definition) is 0. The number of nitrogens with zero attached hydrogens (tertiary/aromatic N) is 1. The van der Waals surface area contributed by atoms with Gasteiger partial charge in [-0.25, -0.2) is 4.98 Å². The van der Waals surface area contributed by atoms with Crippen LogP contribution in [0.3, 0.4) is 0 Å². The van der Waals surface area contributed by atoms with E-state index < -0.39 is 0 Å². The van der Waals surface area contributed by atoms with Crippen LogP contribution in [0.5, 0.6) is 0 Å². The van der Waals surface area contributed by atoms with Crippen LogP contribution in [0, 0.1) is 0 Å². The fourth-order valence-corrected chi connectivity index (χ4v) is 2.21. The zero-order valence-electron chi connectivity index (χ0n) is 7.77. The van der Waals surface area contributed by atoms with Gasteiger partial charge < -0.3 is 0 Å². The largest absolute Gasteiger partial charge is 0.245 e. The van der Waals surface area contributed by atoms with E-state index in [1.807, 2.05) is 11.6 Å². The van der Waals surface area contributed by atoms with Gasteiger partial charge in [0.1, 0.15) is 5.01 Å². The molecule has 0 aliphatic heterocycles. The van der Waals surface area contributed by atoms with Crippen LogP contribution < -0.4 is 0 Å². The molecule has 3 heteroatoms. The van der Waals surface area contributed by atoms with Gasteiger partial charge >= 0.3 is 0 Å². The summed E-state index contributed by atoms with van der Waals surface area (Å²) in [5.74, 6) is 0. The highest BCUT2D eigenvalue weighted by molar-refractivity contribution is 9.09. The van der Waals surface area contributed by atoms with E-state index in [1.54, 1.807) is 11.3 Å². The van der Waals surface area contributed by atoms with Gasteiger partial charge in [-0.1, -0.05) is 34.1 Å². The lowest BCUT2D eigenvalue weighted by Crippen LogP contribution is -1.84. The molecule has 1 heterocycles. The molecule has 1 unspecified atom stereocenters. The van der Waals surface area contributed by atoms with Crippen molar-refractivity contribution in [3.63, 3.8) is 0 Å². The van der Waals surface area contributed by atoms with E-state index >= 15 is 0 Å².